The van der Waals surface area contributed by atoms with Crippen LogP contribution in [0.5, 0.6) is 0 Å². The second kappa shape index (κ2) is 6.72. The summed E-state index contributed by atoms with van der Waals surface area (Å²) >= 11 is 0. The predicted molar refractivity (Wildman–Crippen MR) is 81.7 cm³/mol. The number of rotatable bonds is 7. The lowest BCUT2D eigenvalue weighted by Crippen LogP contribution is -2.13. The number of aryl methyl sites for hydroxylation is 1. The Morgan fingerprint density at radius 2 is 2.14 bits per heavy atom. The van der Waals surface area contributed by atoms with E-state index in [-0.39, 0.29) is 18.2 Å². The predicted octanol–water partition coefficient (Wildman–Crippen LogP) is 3.02. The molecule has 1 unspecified atom stereocenters. The lowest BCUT2D eigenvalue weighted by atomic mass is 10.1. The van der Waals surface area contributed by atoms with Crippen molar-refractivity contribution in [2.24, 2.45) is 0 Å². The van der Waals surface area contributed by atoms with E-state index in [1.165, 1.54) is 0 Å². The summed E-state index contributed by atoms with van der Waals surface area (Å²) in [5.74, 6) is -0.0509. The lowest BCUT2D eigenvalue weighted by Gasteiger charge is -2.19. The highest BCUT2D eigenvalue weighted by Crippen LogP contribution is 2.28. The zero-order valence-corrected chi connectivity index (χ0v) is 12.5. The summed E-state index contributed by atoms with van der Waals surface area (Å²) in [5, 5.41) is 18.6. The van der Waals surface area contributed by atoms with Crippen molar-refractivity contribution in [3.8, 4) is 0 Å². The minimum Gasteiger partial charge on any atom is -0.478 e. The third kappa shape index (κ3) is 2.93. The molecule has 2 aromatic rings. The van der Waals surface area contributed by atoms with Crippen LogP contribution < -0.4 is 0 Å². The van der Waals surface area contributed by atoms with E-state index < -0.39 is 5.97 Å². The molecule has 5 heteroatoms. The van der Waals surface area contributed by atoms with Gasteiger partial charge in [0.1, 0.15) is 11.3 Å². The van der Waals surface area contributed by atoms with Crippen LogP contribution in [0, 0.1) is 0 Å². The Labute approximate surface area is 124 Å². The van der Waals surface area contributed by atoms with Gasteiger partial charge in [0.15, 0.2) is 0 Å². The van der Waals surface area contributed by atoms with Gasteiger partial charge < -0.3 is 14.8 Å². The summed E-state index contributed by atoms with van der Waals surface area (Å²) in [6.07, 6.45) is 3.27. The largest absolute Gasteiger partial charge is 0.478 e. The van der Waals surface area contributed by atoms with Gasteiger partial charge in [-0.3, -0.25) is 0 Å². The van der Waals surface area contributed by atoms with Gasteiger partial charge >= 0.3 is 5.97 Å². The molecule has 0 aliphatic carbocycles. The molecule has 0 saturated heterocycles. The van der Waals surface area contributed by atoms with Crippen LogP contribution in [0.1, 0.15) is 55.3 Å². The number of hydrogen-bond donors (Lipinski definition) is 2. The minimum atomic E-state index is -0.955. The fourth-order valence-corrected chi connectivity index (χ4v) is 2.81. The summed E-state index contributed by atoms with van der Waals surface area (Å²) in [6.45, 7) is 4.26. The number of aromatic nitrogens is 2. The maximum atomic E-state index is 11.4. The maximum Gasteiger partial charge on any atom is 0.337 e. The average Bonchev–Trinajstić information content (AvgIpc) is 2.83. The number of carbonyl (C=O) groups is 1. The van der Waals surface area contributed by atoms with Crippen molar-refractivity contribution in [1.29, 1.82) is 0 Å². The van der Waals surface area contributed by atoms with Crippen molar-refractivity contribution in [2.75, 3.05) is 6.61 Å². The average molecular weight is 290 g/mol. The molecule has 0 spiro atoms. The molecule has 1 aromatic heterocycles. The molecule has 0 radical (unpaired) electrons. The van der Waals surface area contributed by atoms with Crippen LogP contribution in [-0.4, -0.2) is 32.3 Å². The first-order chi connectivity index (χ1) is 10.1. The zero-order chi connectivity index (χ0) is 15.4. The summed E-state index contributed by atoms with van der Waals surface area (Å²) in [4.78, 5) is 15.9. The van der Waals surface area contributed by atoms with Crippen LogP contribution in [0.4, 0.5) is 0 Å². The highest BCUT2D eigenvalue weighted by molar-refractivity contribution is 6.01. The van der Waals surface area contributed by atoms with Crippen LogP contribution in [0.2, 0.25) is 0 Å². The Bertz CT molecular complexity index is 634. The van der Waals surface area contributed by atoms with E-state index in [2.05, 4.69) is 23.4 Å². The Hall–Kier alpha value is -1.88. The van der Waals surface area contributed by atoms with Gasteiger partial charge in [0.25, 0.3) is 0 Å². The SMILES string of the molecule is CCCc1nc2c(C(=O)O)cccc2n1C(CC)CCO. The topological polar surface area (TPSA) is 75.3 Å². The number of carboxylic acid groups (broad SMARTS) is 1. The molecule has 0 amide bonds. The van der Waals surface area contributed by atoms with Crippen LogP contribution in [0.15, 0.2) is 18.2 Å². The molecular formula is C16H22N2O3. The van der Waals surface area contributed by atoms with Gasteiger partial charge in [0.05, 0.1) is 11.1 Å². The second-order valence-corrected chi connectivity index (χ2v) is 5.20. The van der Waals surface area contributed by atoms with Crippen molar-refractivity contribution < 1.29 is 15.0 Å². The highest BCUT2D eigenvalue weighted by Gasteiger charge is 2.20. The van der Waals surface area contributed by atoms with Gasteiger partial charge in [-0.1, -0.05) is 19.9 Å². The monoisotopic (exact) mass is 290 g/mol. The molecular weight excluding hydrogens is 268 g/mol. The summed E-state index contributed by atoms with van der Waals surface area (Å²) < 4.78 is 2.11. The number of aromatic carboxylic acids is 1. The van der Waals surface area contributed by atoms with E-state index in [9.17, 15) is 15.0 Å². The molecule has 0 aliphatic rings. The third-order valence-electron chi connectivity index (χ3n) is 3.80. The van der Waals surface area contributed by atoms with Gasteiger partial charge in [-0.25, -0.2) is 9.78 Å². The fraction of sp³-hybridized carbons (Fsp3) is 0.500. The normalized spacial score (nSPS) is 12.7. The molecule has 2 N–H and O–H groups in total. The zero-order valence-electron chi connectivity index (χ0n) is 12.5. The van der Waals surface area contributed by atoms with Crippen molar-refractivity contribution in [1.82, 2.24) is 9.55 Å². The molecule has 0 fully saturated rings. The molecule has 2 rings (SSSR count). The highest BCUT2D eigenvalue weighted by atomic mass is 16.4. The molecule has 1 heterocycles. The summed E-state index contributed by atoms with van der Waals surface area (Å²) in [6, 6.07) is 5.40. The van der Waals surface area contributed by atoms with Crippen LogP contribution in [0.25, 0.3) is 11.0 Å². The van der Waals surface area contributed by atoms with Crippen molar-refractivity contribution in [3.05, 3.63) is 29.6 Å². The lowest BCUT2D eigenvalue weighted by molar-refractivity contribution is 0.0699. The molecule has 0 aliphatic heterocycles. The standard InChI is InChI=1S/C16H22N2O3/c1-3-6-14-17-15-12(16(20)21)7-5-8-13(15)18(14)11(4-2)9-10-19/h5,7-8,11,19H,3-4,6,9-10H2,1-2H3,(H,20,21). The van der Waals surface area contributed by atoms with Gasteiger partial charge in [0.2, 0.25) is 0 Å². The molecule has 114 valence electrons. The first-order valence-corrected chi connectivity index (χ1v) is 7.47. The molecule has 0 saturated carbocycles. The Kier molecular flexibility index (Phi) is 4.96. The molecule has 1 atom stereocenters. The number of aliphatic hydroxyl groups excluding tert-OH is 1. The van der Waals surface area contributed by atoms with E-state index in [4.69, 9.17) is 0 Å². The van der Waals surface area contributed by atoms with E-state index in [0.29, 0.717) is 11.9 Å². The number of para-hydroxylation sites is 1. The smallest absolute Gasteiger partial charge is 0.337 e. The minimum absolute atomic E-state index is 0.113. The van der Waals surface area contributed by atoms with Crippen molar-refractivity contribution in [2.45, 2.75) is 45.6 Å². The Balaban J connectivity index is 2.68. The van der Waals surface area contributed by atoms with Crippen molar-refractivity contribution in [3.63, 3.8) is 0 Å². The van der Waals surface area contributed by atoms with Gasteiger partial charge in [-0.2, -0.15) is 0 Å². The molecule has 5 nitrogen and oxygen atoms in total. The number of aliphatic hydroxyl groups is 1. The number of fused-ring (bicyclic) bond motifs is 1. The number of benzene rings is 1. The number of nitrogens with zero attached hydrogens (tertiary/aromatic N) is 2. The van der Waals surface area contributed by atoms with E-state index in [1.807, 2.05) is 6.07 Å². The third-order valence-corrected chi connectivity index (χ3v) is 3.80. The number of hydrogen-bond acceptors (Lipinski definition) is 3. The quantitative estimate of drug-likeness (QED) is 0.822. The van der Waals surface area contributed by atoms with E-state index in [0.717, 1.165) is 30.6 Å². The molecule has 1 aromatic carbocycles. The van der Waals surface area contributed by atoms with Crippen molar-refractivity contribution >= 4 is 17.0 Å². The van der Waals surface area contributed by atoms with E-state index in [1.54, 1.807) is 12.1 Å². The second-order valence-electron chi connectivity index (χ2n) is 5.20. The van der Waals surface area contributed by atoms with Crippen LogP contribution in [0.3, 0.4) is 0 Å². The fourth-order valence-electron chi connectivity index (χ4n) is 2.81. The maximum absolute atomic E-state index is 11.4. The Morgan fingerprint density at radius 1 is 1.38 bits per heavy atom. The first-order valence-electron chi connectivity index (χ1n) is 7.47. The van der Waals surface area contributed by atoms with Crippen LogP contribution >= 0.6 is 0 Å². The molecule has 21 heavy (non-hydrogen) atoms. The summed E-state index contributed by atoms with van der Waals surface area (Å²) in [5.41, 5.74) is 1.63. The van der Waals surface area contributed by atoms with Crippen LogP contribution in [-0.2, 0) is 6.42 Å². The summed E-state index contributed by atoms with van der Waals surface area (Å²) in [7, 11) is 0. The van der Waals surface area contributed by atoms with Gasteiger partial charge in [-0.05, 0) is 31.4 Å². The van der Waals surface area contributed by atoms with Gasteiger partial charge in [-0.15, -0.1) is 0 Å². The number of imidazole rings is 1. The Morgan fingerprint density at radius 3 is 2.71 bits per heavy atom. The number of carboxylic acids is 1. The van der Waals surface area contributed by atoms with Gasteiger partial charge in [0, 0.05) is 19.1 Å². The molecule has 0 bridgehead atoms. The first kappa shape index (κ1) is 15.5. The van der Waals surface area contributed by atoms with E-state index >= 15 is 0 Å².